The van der Waals surface area contributed by atoms with E-state index < -0.39 is 4.92 Å². The summed E-state index contributed by atoms with van der Waals surface area (Å²) >= 11 is 0. The van der Waals surface area contributed by atoms with E-state index in [0.29, 0.717) is 11.2 Å². The first-order chi connectivity index (χ1) is 10.1. The Morgan fingerprint density at radius 2 is 2.00 bits per heavy atom. The number of rotatable bonds is 3. The molecule has 104 valence electrons. The summed E-state index contributed by atoms with van der Waals surface area (Å²) in [7, 11) is 0. The molecule has 0 radical (unpaired) electrons. The Morgan fingerprint density at radius 1 is 1.24 bits per heavy atom. The number of benzene rings is 1. The summed E-state index contributed by atoms with van der Waals surface area (Å²) < 4.78 is 1.53. The SMILES string of the molecule is Cc1ncnc2c1ncn2/N=C/c1ccc([N+](=O)[O-])cc1. The number of non-ortho nitro benzene ring substituents is 1. The molecule has 0 atom stereocenters. The van der Waals surface area contributed by atoms with Crippen molar-refractivity contribution in [3.8, 4) is 0 Å². The number of aromatic nitrogens is 4. The molecule has 0 amide bonds. The maximum Gasteiger partial charge on any atom is 0.269 e. The second kappa shape index (κ2) is 5.08. The predicted octanol–water partition coefficient (Wildman–Crippen LogP) is 1.93. The Bertz CT molecular complexity index is 837. The highest BCUT2D eigenvalue weighted by Gasteiger charge is 2.06. The lowest BCUT2D eigenvalue weighted by molar-refractivity contribution is -0.384. The smallest absolute Gasteiger partial charge is 0.258 e. The topological polar surface area (TPSA) is 99.1 Å². The Labute approximate surface area is 118 Å². The Balaban J connectivity index is 1.91. The van der Waals surface area contributed by atoms with Gasteiger partial charge in [0.2, 0.25) is 0 Å². The van der Waals surface area contributed by atoms with E-state index in [4.69, 9.17) is 0 Å². The van der Waals surface area contributed by atoms with Gasteiger partial charge < -0.3 is 0 Å². The van der Waals surface area contributed by atoms with Crippen LogP contribution in [0, 0.1) is 17.0 Å². The van der Waals surface area contributed by atoms with Crippen LogP contribution in [0.1, 0.15) is 11.3 Å². The molecule has 0 saturated heterocycles. The van der Waals surface area contributed by atoms with Crippen LogP contribution in [-0.4, -0.2) is 30.8 Å². The minimum atomic E-state index is -0.440. The number of nitro benzene ring substituents is 1. The van der Waals surface area contributed by atoms with E-state index in [0.717, 1.165) is 11.3 Å². The molecule has 0 spiro atoms. The second-order valence-corrected chi connectivity index (χ2v) is 4.31. The van der Waals surface area contributed by atoms with Crippen LogP contribution in [0.2, 0.25) is 0 Å². The molecule has 2 heterocycles. The average Bonchev–Trinajstić information content (AvgIpc) is 2.90. The molecule has 0 saturated carbocycles. The zero-order chi connectivity index (χ0) is 14.8. The maximum atomic E-state index is 10.6. The van der Waals surface area contributed by atoms with Gasteiger partial charge in [0.05, 0.1) is 16.8 Å². The summed E-state index contributed by atoms with van der Waals surface area (Å²) in [5, 5.41) is 14.8. The Morgan fingerprint density at radius 3 is 2.71 bits per heavy atom. The van der Waals surface area contributed by atoms with E-state index in [-0.39, 0.29) is 5.69 Å². The van der Waals surface area contributed by atoms with Crippen molar-refractivity contribution in [2.24, 2.45) is 5.10 Å². The van der Waals surface area contributed by atoms with Crippen LogP contribution in [0.25, 0.3) is 11.2 Å². The molecule has 0 fully saturated rings. The third kappa shape index (κ3) is 2.46. The van der Waals surface area contributed by atoms with Gasteiger partial charge in [0, 0.05) is 12.1 Å². The first kappa shape index (κ1) is 12.9. The summed E-state index contributed by atoms with van der Waals surface area (Å²) in [5.74, 6) is 0. The normalized spacial score (nSPS) is 11.3. The third-order valence-corrected chi connectivity index (χ3v) is 2.93. The summed E-state index contributed by atoms with van der Waals surface area (Å²) in [6.45, 7) is 1.85. The fourth-order valence-corrected chi connectivity index (χ4v) is 1.84. The van der Waals surface area contributed by atoms with Crippen molar-refractivity contribution in [1.82, 2.24) is 19.6 Å². The van der Waals surface area contributed by atoms with Crippen LogP contribution in [0.3, 0.4) is 0 Å². The number of nitrogens with zero attached hydrogens (tertiary/aromatic N) is 6. The number of imidazole rings is 1. The van der Waals surface area contributed by atoms with Crippen molar-refractivity contribution < 1.29 is 4.92 Å². The fourth-order valence-electron chi connectivity index (χ4n) is 1.84. The second-order valence-electron chi connectivity index (χ2n) is 4.31. The molecule has 8 nitrogen and oxygen atoms in total. The van der Waals surface area contributed by atoms with Gasteiger partial charge in [-0.15, -0.1) is 0 Å². The molecule has 0 aliphatic heterocycles. The zero-order valence-electron chi connectivity index (χ0n) is 11.0. The summed E-state index contributed by atoms with van der Waals surface area (Å²) in [6, 6.07) is 6.11. The molecular weight excluding hydrogens is 272 g/mol. The standard InChI is InChI=1S/C13H10N6O2/c1-9-12-13(15-7-14-9)18(8-16-12)17-6-10-2-4-11(5-3-10)19(20)21/h2-8H,1H3/b17-6+. The minimum absolute atomic E-state index is 0.0450. The molecule has 0 bridgehead atoms. The summed E-state index contributed by atoms with van der Waals surface area (Å²) in [6.07, 6.45) is 4.59. The van der Waals surface area contributed by atoms with Crippen molar-refractivity contribution in [2.75, 3.05) is 0 Å². The number of fused-ring (bicyclic) bond motifs is 1. The molecule has 0 aliphatic carbocycles. The lowest BCUT2D eigenvalue weighted by Crippen LogP contribution is -1.93. The minimum Gasteiger partial charge on any atom is -0.258 e. The first-order valence-electron chi connectivity index (χ1n) is 6.08. The molecule has 0 N–H and O–H groups in total. The highest BCUT2D eigenvalue weighted by atomic mass is 16.6. The summed E-state index contributed by atoms with van der Waals surface area (Å²) in [4.78, 5) is 22.5. The molecular formula is C13H10N6O2. The van der Waals surface area contributed by atoms with Crippen LogP contribution in [0.4, 0.5) is 5.69 Å². The van der Waals surface area contributed by atoms with Gasteiger partial charge >= 0.3 is 0 Å². The lowest BCUT2D eigenvalue weighted by atomic mass is 10.2. The van der Waals surface area contributed by atoms with E-state index in [1.54, 1.807) is 24.7 Å². The number of nitro groups is 1. The van der Waals surface area contributed by atoms with Crippen molar-refractivity contribution in [3.63, 3.8) is 0 Å². The molecule has 21 heavy (non-hydrogen) atoms. The van der Waals surface area contributed by atoms with Crippen LogP contribution in [-0.2, 0) is 0 Å². The quantitative estimate of drug-likeness (QED) is 0.415. The van der Waals surface area contributed by atoms with Crippen LogP contribution in [0.5, 0.6) is 0 Å². The summed E-state index contributed by atoms with van der Waals surface area (Å²) in [5.41, 5.74) is 2.88. The van der Waals surface area contributed by atoms with Crippen LogP contribution in [0.15, 0.2) is 42.0 Å². The molecule has 1 aromatic carbocycles. The molecule has 3 rings (SSSR count). The molecule has 3 aromatic rings. The monoisotopic (exact) mass is 282 g/mol. The van der Waals surface area contributed by atoms with E-state index in [1.807, 2.05) is 6.92 Å². The number of hydrogen-bond donors (Lipinski definition) is 0. The van der Waals surface area contributed by atoms with Gasteiger partial charge in [-0.1, -0.05) is 0 Å². The zero-order valence-corrected chi connectivity index (χ0v) is 11.0. The molecule has 0 aliphatic rings. The van der Waals surface area contributed by atoms with Crippen molar-refractivity contribution in [3.05, 3.63) is 58.3 Å². The van der Waals surface area contributed by atoms with Gasteiger partial charge in [-0.05, 0) is 24.6 Å². The van der Waals surface area contributed by atoms with E-state index in [1.165, 1.54) is 23.1 Å². The fraction of sp³-hybridized carbons (Fsp3) is 0.0769. The third-order valence-electron chi connectivity index (χ3n) is 2.93. The van der Waals surface area contributed by atoms with Crippen molar-refractivity contribution >= 4 is 23.1 Å². The van der Waals surface area contributed by atoms with Gasteiger partial charge in [0.1, 0.15) is 18.2 Å². The predicted molar refractivity (Wildman–Crippen MR) is 76.1 cm³/mol. The van der Waals surface area contributed by atoms with Crippen molar-refractivity contribution in [1.29, 1.82) is 0 Å². The van der Waals surface area contributed by atoms with Gasteiger partial charge in [0.25, 0.3) is 5.69 Å². The van der Waals surface area contributed by atoms with Crippen molar-refractivity contribution in [2.45, 2.75) is 6.92 Å². The van der Waals surface area contributed by atoms with Gasteiger partial charge in [-0.2, -0.15) is 5.10 Å². The average molecular weight is 282 g/mol. The van der Waals surface area contributed by atoms with E-state index in [2.05, 4.69) is 20.1 Å². The maximum absolute atomic E-state index is 10.6. The highest BCUT2D eigenvalue weighted by molar-refractivity contribution is 5.81. The lowest BCUT2D eigenvalue weighted by Gasteiger charge is -1.96. The largest absolute Gasteiger partial charge is 0.269 e. The molecule has 0 unspecified atom stereocenters. The van der Waals surface area contributed by atoms with Crippen LogP contribution < -0.4 is 0 Å². The van der Waals surface area contributed by atoms with E-state index >= 15 is 0 Å². The van der Waals surface area contributed by atoms with Gasteiger partial charge in [0.15, 0.2) is 5.65 Å². The van der Waals surface area contributed by atoms with E-state index in [9.17, 15) is 10.1 Å². The Kier molecular flexibility index (Phi) is 3.11. The molecule has 8 heteroatoms. The molecule has 2 aromatic heterocycles. The number of aryl methyl sites for hydroxylation is 1. The Hall–Kier alpha value is -3.16. The highest BCUT2D eigenvalue weighted by Crippen LogP contribution is 2.13. The van der Waals surface area contributed by atoms with Crippen LogP contribution >= 0.6 is 0 Å². The number of hydrogen-bond acceptors (Lipinski definition) is 6. The van der Waals surface area contributed by atoms with Gasteiger partial charge in [-0.3, -0.25) is 10.1 Å². The first-order valence-corrected chi connectivity index (χ1v) is 6.08. The van der Waals surface area contributed by atoms with Gasteiger partial charge in [-0.25, -0.2) is 19.6 Å².